The summed E-state index contributed by atoms with van der Waals surface area (Å²) in [5.41, 5.74) is 6.40. The fourth-order valence-electron chi connectivity index (χ4n) is 1.76. The van der Waals surface area contributed by atoms with Gasteiger partial charge in [0.1, 0.15) is 0 Å². The molecule has 20 heavy (non-hydrogen) atoms. The van der Waals surface area contributed by atoms with Crippen molar-refractivity contribution in [3.63, 3.8) is 0 Å². The monoisotopic (exact) mass is 280 g/mol. The van der Waals surface area contributed by atoms with E-state index in [1.54, 1.807) is 12.1 Å². The molecule has 2 N–H and O–H groups in total. The average molecular weight is 280 g/mol. The predicted molar refractivity (Wildman–Crippen MR) is 83.2 cm³/mol. The number of pyridine rings is 1. The van der Waals surface area contributed by atoms with Crippen molar-refractivity contribution in [1.82, 2.24) is 4.98 Å². The molecule has 4 nitrogen and oxygen atoms in total. The SMILES string of the molecule is CCCCCCCOc1ccc(N)c(OCC(C)C)n1. The van der Waals surface area contributed by atoms with Crippen LogP contribution in [0.25, 0.3) is 0 Å². The Labute approximate surface area is 122 Å². The first kappa shape index (κ1) is 16.6. The fraction of sp³-hybridized carbons (Fsp3) is 0.688. The summed E-state index contributed by atoms with van der Waals surface area (Å²) in [6.45, 7) is 7.70. The van der Waals surface area contributed by atoms with Crippen LogP contribution in [0.3, 0.4) is 0 Å². The van der Waals surface area contributed by atoms with Crippen LogP contribution in [0.15, 0.2) is 12.1 Å². The Morgan fingerprint density at radius 1 is 1.10 bits per heavy atom. The fourth-order valence-corrected chi connectivity index (χ4v) is 1.76. The minimum absolute atomic E-state index is 0.444. The van der Waals surface area contributed by atoms with Gasteiger partial charge in [-0.2, -0.15) is 4.98 Å². The van der Waals surface area contributed by atoms with Crippen LogP contribution in [0.4, 0.5) is 5.69 Å². The molecule has 0 saturated heterocycles. The molecule has 0 unspecified atom stereocenters. The molecular formula is C16H28N2O2. The summed E-state index contributed by atoms with van der Waals surface area (Å²) in [4.78, 5) is 4.31. The van der Waals surface area contributed by atoms with E-state index < -0.39 is 0 Å². The number of nitrogen functional groups attached to an aromatic ring is 1. The first-order valence-electron chi connectivity index (χ1n) is 7.65. The zero-order valence-electron chi connectivity index (χ0n) is 13.0. The third-order valence-electron chi connectivity index (χ3n) is 2.92. The van der Waals surface area contributed by atoms with E-state index in [2.05, 4.69) is 25.8 Å². The van der Waals surface area contributed by atoms with Crippen molar-refractivity contribution in [1.29, 1.82) is 0 Å². The summed E-state index contributed by atoms with van der Waals surface area (Å²) in [5.74, 6) is 1.51. The predicted octanol–water partition coefficient (Wildman–Crippen LogP) is 4.05. The lowest BCUT2D eigenvalue weighted by atomic mass is 10.2. The van der Waals surface area contributed by atoms with Crippen molar-refractivity contribution in [3.8, 4) is 11.8 Å². The Hall–Kier alpha value is -1.45. The van der Waals surface area contributed by atoms with Crippen molar-refractivity contribution in [2.45, 2.75) is 52.9 Å². The van der Waals surface area contributed by atoms with Gasteiger partial charge in [0.2, 0.25) is 11.8 Å². The van der Waals surface area contributed by atoms with Crippen molar-refractivity contribution < 1.29 is 9.47 Å². The second-order valence-corrected chi connectivity index (χ2v) is 5.51. The lowest BCUT2D eigenvalue weighted by Gasteiger charge is -2.11. The van der Waals surface area contributed by atoms with Crippen LogP contribution in [-0.2, 0) is 0 Å². The zero-order valence-corrected chi connectivity index (χ0v) is 13.0. The molecule has 114 valence electrons. The van der Waals surface area contributed by atoms with E-state index in [9.17, 15) is 0 Å². The molecule has 0 saturated carbocycles. The first-order valence-corrected chi connectivity index (χ1v) is 7.65. The van der Waals surface area contributed by atoms with Gasteiger partial charge in [0.05, 0.1) is 18.9 Å². The standard InChI is InChI=1S/C16H28N2O2/c1-4-5-6-7-8-11-19-15-10-9-14(17)16(18-15)20-12-13(2)3/h9-10,13H,4-8,11-12,17H2,1-3H3. The highest BCUT2D eigenvalue weighted by atomic mass is 16.5. The lowest BCUT2D eigenvalue weighted by molar-refractivity contribution is 0.251. The van der Waals surface area contributed by atoms with Crippen molar-refractivity contribution in [3.05, 3.63) is 12.1 Å². The van der Waals surface area contributed by atoms with E-state index in [-0.39, 0.29) is 0 Å². The number of ether oxygens (including phenoxy) is 2. The molecule has 0 aromatic carbocycles. The number of nitrogens with zero attached hydrogens (tertiary/aromatic N) is 1. The van der Waals surface area contributed by atoms with Crippen LogP contribution < -0.4 is 15.2 Å². The number of rotatable bonds is 10. The molecule has 1 rings (SSSR count). The van der Waals surface area contributed by atoms with Crippen LogP contribution in [0.5, 0.6) is 11.8 Å². The maximum absolute atomic E-state index is 5.84. The van der Waals surface area contributed by atoms with Gasteiger partial charge in [0, 0.05) is 6.07 Å². The summed E-state index contributed by atoms with van der Waals surface area (Å²) in [7, 11) is 0. The van der Waals surface area contributed by atoms with Crippen LogP contribution in [-0.4, -0.2) is 18.2 Å². The van der Waals surface area contributed by atoms with Crippen LogP contribution in [0, 0.1) is 5.92 Å². The third-order valence-corrected chi connectivity index (χ3v) is 2.92. The molecule has 1 heterocycles. The molecule has 0 amide bonds. The number of nitrogens with two attached hydrogens (primary N) is 1. The van der Waals surface area contributed by atoms with Gasteiger partial charge in [-0.15, -0.1) is 0 Å². The molecule has 0 spiro atoms. The zero-order chi connectivity index (χ0) is 14.8. The second-order valence-electron chi connectivity index (χ2n) is 5.51. The number of unbranched alkanes of at least 4 members (excludes halogenated alkanes) is 4. The van der Waals surface area contributed by atoms with Gasteiger partial charge >= 0.3 is 0 Å². The summed E-state index contributed by atoms with van der Waals surface area (Å²) in [6.07, 6.45) is 6.11. The van der Waals surface area contributed by atoms with E-state index in [1.807, 2.05) is 0 Å². The van der Waals surface area contributed by atoms with Crippen molar-refractivity contribution in [2.75, 3.05) is 18.9 Å². The number of aromatic nitrogens is 1. The van der Waals surface area contributed by atoms with E-state index in [0.29, 0.717) is 36.6 Å². The van der Waals surface area contributed by atoms with Gasteiger partial charge in [-0.05, 0) is 18.4 Å². The van der Waals surface area contributed by atoms with E-state index in [4.69, 9.17) is 15.2 Å². The summed E-state index contributed by atoms with van der Waals surface area (Å²) in [6, 6.07) is 3.58. The molecular weight excluding hydrogens is 252 g/mol. The van der Waals surface area contributed by atoms with Gasteiger partial charge in [0.15, 0.2) is 0 Å². The highest BCUT2D eigenvalue weighted by Crippen LogP contribution is 2.22. The minimum Gasteiger partial charge on any atom is -0.478 e. The quantitative estimate of drug-likeness (QED) is 0.657. The molecule has 0 aliphatic rings. The summed E-state index contributed by atoms with van der Waals surface area (Å²) >= 11 is 0. The smallest absolute Gasteiger partial charge is 0.240 e. The Morgan fingerprint density at radius 3 is 2.55 bits per heavy atom. The maximum Gasteiger partial charge on any atom is 0.240 e. The molecule has 0 atom stereocenters. The van der Waals surface area contributed by atoms with Crippen LogP contribution in [0.1, 0.15) is 52.9 Å². The molecule has 0 bridgehead atoms. The first-order chi connectivity index (χ1) is 9.63. The van der Waals surface area contributed by atoms with E-state index in [0.717, 1.165) is 6.42 Å². The van der Waals surface area contributed by atoms with Gasteiger partial charge in [-0.3, -0.25) is 0 Å². The largest absolute Gasteiger partial charge is 0.478 e. The topological polar surface area (TPSA) is 57.4 Å². The van der Waals surface area contributed by atoms with Gasteiger partial charge in [-0.25, -0.2) is 0 Å². The third kappa shape index (κ3) is 6.64. The highest BCUT2D eigenvalue weighted by molar-refractivity contribution is 5.49. The molecule has 0 aliphatic heterocycles. The van der Waals surface area contributed by atoms with E-state index in [1.165, 1.54) is 25.7 Å². The molecule has 0 aliphatic carbocycles. The van der Waals surface area contributed by atoms with Crippen LogP contribution >= 0.6 is 0 Å². The Morgan fingerprint density at radius 2 is 1.85 bits per heavy atom. The minimum atomic E-state index is 0.444. The Balaban J connectivity index is 2.36. The Bertz CT molecular complexity index is 381. The highest BCUT2D eigenvalue weighted by Gasteiger charge is 2.06. The normalized spacial score (nSPS) is 10.8. The maximum atomic E-state index is 5.84. The van der Waals surface area contributed by atoms with Gasteiger partial charge in [-0.1, -0.05) is 46.5 Å². The van der Waals surface area contributed by atoms with Crippen molar-refractivity contribution in [2.24, 2.45) is 5.92 Å². The van der Waals surface area contributed by atoms with Crippen LogP contribution in [0.2, 0.25) is 0 Å². The van der Waals surface area contributed by atoms with Gasteiger partial charge < -0.3 is 15.2 Å². The number of hydrogen-bond acceptors (Lipinski definition) is 4. The van der Waals surface area contributed by atoms with Crippen molar-refractivity contribution >= 4 is 5.69 Å². The number of hydrogen-bond donors (Lipinski definition) is 1. The molecule has 1 aromatic rings. The second kappa shape index (κ2) is 9.45. The molecule has 1 aromatic heterocycles. The summed E-state index contributed by atoms with van der Waals surface area (Å²) in [5, 5.41) is 0. The lowest BCUT2D eigenvalue weighted by Crippen LogP contribution is -2.08. The molecule has 4 heteroatoms. The Kier molecular flexibility index (Phi) is 7.85. The average Bonchev–Trinajstić information content (AvgIpc) is 2.42. The molecule has 0 fully saturated rings. The summed E-state index contributed by atoms with van der Waals surface area (Å²) < 4.78 is 11.2. The number of anilines is 1. The van der Waals surface area contributed by atoms with E-state index >= 15 is 0 Å². The molecule has 0 radical (unpaired) electrons. The van der Waals surface area contributed by atoms with Gasteiger partial charge in [0.25, 0.3) is 0 Å².